The summed E-state index contributed by atoms with van der Waals surface area (Å²) in [7, 11) is 1.96. The van der Waals surface area contributed by atoms with E-state index < -0.39 is 0 Å². The van der Waals surface area contributed by atoms with Gasteiger partial charge in [0, 0.05) is 26.2 Å². The maximum Gasteiger partial charge on any atom is 0.315 e. The van der Waals surface area contributed by atoms with Crippen molar-refractivity contribution in [2.24, 2.45) is 7.05 Å². The highest BCUT2D eigenvalue weighted by molar-refractivity contribution is 5.74. The lowest BCUT2D eigenvalue weighted by atomic mass is 10.0. The highest BCUT2D eigenvalue weighted by atomic mass is 16.5. The number of ether oxygens (including phenoxy) is 2. The number of hydrogen-bond acceptors (Lipinski definition) is 4. The van der Waals surface area contributed by atoms with Crippen molar-refractivity contribution in [2.75, 3.05) is 19.8 Å². The first-order chi connectivity index (χ1) is 11.7. The standard InChI is InChI=1S/C17H28N4O3/c1-21-12-18-11-15(21)16-10-13(6-8-24-16)20-17(22)19-7-9-23-14-4-2-3-5-14/h11-14,16H,2-10H2,1H3,(H2,19,20,22). The molecule has 24 heavy (non-hydrogen) atoms. The number of rotatable bonds is 6. The van der Waals surface area contributed by atoms with Gasteiger partial charge >= 0.3 is 6.03 Å². The van der Waals surface area contributed by atoms with E-state index in [9.17, 15) is 4.79 Å². The predicted octanol–water partition coefficient (Wildman–Crippen LogP) is 1.90. The fourth-order valence-electron chi connectivity index (χ4n) is 3.49. The van der Waals surface area contributed by atoms with Gasteiger partial charge in [0.15, 0.2) is 0 Å². The summed E-state index contributed by atoms with van der Waals surface area (Å²) in [5.41, 5.74) is 1.05. The molecule has 1 aromatic rings. The molecule has 1 saturated heterocycles. The maximum absolute atomic E-state index is 12.0. The summed E-state index contributed by atoms with van der Waals surface area (Å²) >= 11 is 0. The second kappa shape index (κ2) is 8.48. The largest absolute Gasteiger partial charge is 0.376 e. The fraction of sp³-hybridized carbons (Fsp3) is 0.765. The summed E-state index contributed by atoms with van der Waals surface area (Å²) in [4.78, 5) is 16.2. The van der Waals surface area contributed by atoms with Gasteiger partial charge in [-0.2, -0.15) is 0 Å². The number of aromatic nitrogens is 2. The van der Waals surface area contributed by atoms with Crippen molar-refractivity contribution in [3.8, 4) is 0 Å². The minimum atomic E-state index is -0.124. The van der Waals surface area contributed by atoms with Crippen LogP contribution in [-0.2, 0) is 16.5 Å². The van der Waals surface area contributed by atoms with Crippen molar-refractivity contribution in [3.05, 3.63) is 18.2 Å². The zero-order valence-corrected chi connectivity index (χ0v) is 14.4. The third-order valence-electron chi connectivity index (χ3n) is 4.85. The van der Waals surface area contributed by atoms with Crippen molar-refractivity contribution in [1.82, 2.24) is 20.2 Å². The molecule has 2 amide bonds. The summed E-state index contributed by atoms with van der Waals surface area (Å²) in [5, 5.41) is 5.92. The van der Waals surface area contributed by atoms with Crippen LogP contribution < -0.4 is 10.6 Å². The zero-order chi connectivity index (χ0) is 16.8. The molecule has 2 aliphatic rings. The van der Waals surface area contributed by atoms with E-state index in [4.69, 9.17) is 9.47 Å². The van der Waals surface area contributed by atoms with E-state index in [-0.39, 0.29) is 18.2 Å². The van der Waals surface area contributed by atoms with Crippen LogP contribution in [0.3, 0.4) is 0 Å². The zero-order valence-electron chi connectivity index (χ0n) is 14.4. The van der Waals surface area contributed by atoms with Crippen molar-refractivity contribution < 1.29 is 14.3 Å². The van der Waals surface area contributed by atoms with Crippen LogP contribution in [0.25, 0.3) is 0 Å². The topological polar surface area (TPSA) is 77.4 Å². The van der Waals surface area contributed by atoms with Crippen LogP contribution in [0.5, 0.6) is 0 Å². The van der Waals surface area contributed by atoms with E-state index in [2.05, 4.69) is 15.6 Å². The predicted molar refractivity (Wildman–Crippen MR) is 89.7 cm³/mol. The van der Waals surface area contributed by atoms with Gasteiger partial charge in [-0.25, -0.2) is 9.78 Å². The van der Waals surface area contributed by atoms with Gasteiger partial charge in [-0.05, 0) is 25.7 Å². The van der Waals surface area contributed by atoms with Gasteiger partial charge in [-0.3, -0.25) is 0 Å². The SMILES string of the molecule is Cn1cncc1C1CC(NC(=O)NCCOC2CCCC2)CCO1. The molecule has 0 aromatic carbocycles. The molecule has 1 aliphatic carbocycles. The number of nitrogens with zero attached hydrogens (tertiary/aromatic N) is 2. The first-order valence-corrected chi connectivity index (χ1v) is 8.96. The minimum Gasteiger partial charge on any atom is -0.376 e. The Hall–Kier alpha value is -1.60. The third kappa shape index (κ3) is 4.70. The van der Waals surface area contributed by atoms with Gasteiger partial charge in [-0.15, -0.1) is 0 Å². The number of carbonyl (C=O) groups excluding carboxylic acids is 1. The molecule has 0 radical (unpaired) electrons. The van der Waals surface area contributed by atoms with Crippen LogP contribution in [-0.4, -0.2) is 47.5 Å². The lowest BCUT2D eigenvalue weighted by Crippen LogP contribution is -2.46. The number of aryl methyl sites for hydroxylation is 1. The molecular formula is C17H28N4O3. The molecule has 7 nitrogen and oxygen atoms in total. The Morgan fingerprint density at radius 1 is 1.42 bits per heavy atom. The van der Waals surface area contributed by atoms with E-state index in [1.165, 1.54) is 12.8 Å². The Morgan fingerprint density at radius 3 is 3.00 bits per heavy atom. The van der Waals surface area contributed by atoms with E-state index in [1.54, 1.807) is 6.33 Å². The van der Waals surface area contributed by atoms with E-state index in [1.807, 2.05) is 17.8 Å². The molecule has 3 rings (SSSR count). The van der Waals surface area contributed by atoms with Crippen LogP contribution in [0.2, 0.25) is 0 Å². The van der Waals surface area contributed by atoms with Crippen LogP contribution in [0.4, 0.5) is 4.79 Å². The van der Waals surface area contributed by atoms with Gasteiger partial charge in [0.25, 0.3) is 0 Å². The quantitative estimate of drug-likeness (QED) is 0.778. The summed E-state index contributed by atoms with van der Waals surface area (Å²) in [6.45, 7) is 1.78. The van der Waals surface area contributed by atoms with Crippen molar-refractivity contribution in [2.45, 2.75) is 56.8 Å². The van der Waals surface area contributed by atoms with Gasteiger partial charge in [0.2, 0.25) is 0 Å². The Morgan fingerprint density at radius 2 is 2.25 bits per heavy atom. The Labute approximate surface area is 143 Å². The normalized spacial score (nSPS) is 24.9. The molecule has 1 saturated carbocycles. The van der Waals surface area contributed by atoms with Crippen LogP contribution in [0.1, 0.15) is 50.3 Å². The summed E-state index contributed by atoms with van der Waals surface area (Å²) in [6, 6.07) is -0.00456. The molecule has 1 aromatic heterocycles. The molecule has 2 unspecified atom stereocenters. The second-order valence-corrected chi connectivity index (χ2v) is 6.69. The van der Waals surface area contributed by atoms with Crippen molar-refractivity contribution in [1.29, 1.82) is 0 Å². The number of hydrogen-bond donors (Lipinski definition) is 2. The van der Waals surface area contributed by atoms with Gasteiger partial charge in [0.1, 0.15) is 6.10 Å². The molecule has 0 bridgehead atoms. The van der Waals surface area contributed by atoms with Crippen LogP contribution in [0.15, 0.2) is 12.5 Å². The van der Waals surface area contributed by atoms with Gasteiger partial charge in [-0.1, -0.05) is 12.8 Å². The Balaban J connectivity index is 1.35. The van der Waals surface area contributed by atoms with E-state index in [0.29, 0.717) is 25.9 Å². The molecule has 2 N–H and O–H groups in total. The number of amides is 2. The van der Waals surface area contributed by atoms with Crippen molar-refractivity contribution in [3.63, 3.8) is 0 Å². The molecule has 2 atom stereocenters. The number of urea groups is 1. The highest BCUT2D eigenvalue weighted by Gasteiger charge is 2.26. The lowest BCUT2D eigenvalue weighted by molar-refractivity contribution is -0.00186. The smallest absolute Gasteiger partial charge is 0.315 e. The summed E-state index contributed by atoms with van der Waals surface area (Å²) in [6.07, 6.45) is 10.4. The number of nitrogens with one attached hydrogen (secondary N) is 2. The molecule has 0 spiro atoms. The second-order valence-electron chi connectivity index (χ2n) is 6.69. The monoisotopic (exact) mass is 336 g/mol. The molecule has 2 fully saturated rings. The van der Waals surface area contributed by atoms with Crippen molar-refractivity contribution >= 4 is 6.03 Å². The van der Waals surface area contributed by atoms with Crippen LogP contribution >= 0.6 is 0 Å². The average molecular weight is 336 g/mol. The summed E-state index contributed by atoms with van der Waals surface area (Å²) < 4.78 is 13.5. The number of carbonyl (C=O) groups is 1. The van der Waals surface area contributed by atoms with E-state index >= 15 is 0 Å². The molecule has 7 heteroatoms. The molecule has 134 valence electrons. The maximum atomic E-state index is 12.0. The van der Waals surface area contributed by atoms with Gasteiger partial charge in [0.05, 0.1) is 30.9 Å². The number of imidazole rings is 1. The average Bonchev–Trinajstić information content (AvgIpc) is 3.23. The van der Waals surface area contributed by atoms with E-state index in [0.717, 1.165) is 31.4 Å². The van der Waals surface area contributed by atoms with Gasteiger partial charge < -0.3 is 24.7 Å². The highest BCUT2D eigenvalue weighted by Crippen LogP contribution is 2.27. The Bertz CT molecular complexity index is 528. The first-order valence-electron chi connectivity index (χ1n) is 8.96. The molecule has 2 heterocycles. The molecular weight excluding hydrogens is 308 g/mol. The fourth-order valence-corrected chi connectivity index (χ4v) is 3.49. The first kappa shape index (κ1) is 17.2. The van der Waals surface area contributed by atoms with Crippen LogP contribution in [0, 0.1) is 0 Å². The minimum absolute atomic E-state index is 0.0118. The molecule has 1 aliphatic heterocycles. The Kier molecular flexibility index (Phi) is 6.09. The lowest BCUT2D eigenvalue weighted by Gasteiger charge is -2.30. The third-order valence-corrected chi connectivity index (χ3v) is 4.85. The summed E-state index contributed by atoms with van der Waals surface area (Å²) in [5.74, 6) is 0.